The zero-order chi connectivity index (χ0) is 12.3. The van der Waals surface area contributed by atoms with Crippen LogP contribution in [0.25, 0.3) is 0 Å². The van der Waals surface area contributed by atoms with Gasteiger partial charge in [-0.05, 0) is 46.7 Å². The average molecular weight is 353 g/mol. The quantitative estimate of drug-likeness (QED) is 0.670. The number of Topliss-reactive ketones (excluding diaryl/α,β-unsaturated/α-hetero) is 1. The van der Waals surface area contributed by atoms with Crippen molar-refractivity contribution in [2.75, 3.05) is 0 Å². The van der Waals surface area contributed by atoms with E-state index in [1.807, 2.05) is 0 Å². The molecule has 0 aromatic heterocycles. The normalized spacial score (nSPS) is 12.2. The number of benzene rings is 1. The van der Waals surface area contributed by atoms with Crippen molar-refractivity contribution in [3.63, 3.8) is 0 Å². The van der Waals surface area contributed by atoms with E-state index < -0.39 is 11.3 Å². The number of carboxylic acids is 1. The van der Waals surface area contributed by atoms with Crippen LogP contribution in [-0.2, 0) is 16.0 Å². The first-order chi connectivity index (χ1) is 7.43. The fourth-order valence-corrected chi connectivity index (χ4v) is 2.69. The van der Waals surface area contributed by atoms with Crippen molar-refractivity contribution in [2.45, 2.75) is 18.7 Å². The third-order valence-electron chi connectivity index (χ3n) is 2.10. The topological polar surface area (TPSA) is 54.4 Å². The number of carboxylic acid groups (broad SMARTS) is 1. The molecule has 1 aromatic rings. The van der Waals surface area contributed by atoms with Gasteiger partial charge in [0.2, 0.25) is 0 Å². The highest BCUT2D eigenvalue weighted by Crippen LogP contribution is 2.30. The average Bonchev–Trinajstić information content (AvgIpc) is 2.16. The zero-order valence-electron chi connectivity index (χ0n) is 8.54. The van der Waals surface area contributed by atoms with Gasteiger partial charge in [0.25, 0.3) is 0 Å². The molecule has 0 bridgehead atoms. The van der Waals surface area contributed by atoms with E-state index in [0.717, 1.165) is 3.57 Å². The van der Waals surface area contributed by atoms with Crippen molar-refractivity contribution in [2.24, 2.45) is 0 Å². The van der Waals surface area contributed by atoms with Crippen molar-refractivity contribution in [1.82, 2.24) is 0 Å². The number of halogens is 2. The van der Waals surface area contributed by atoms with Crippen LogP contribution >= 0.6 is 34.2 Å². The number of ketones is 1. The first kappa shape index (κ1) is 13.4. The van der Waals surface area contributed by atoms with Crippen LogP contribution in [0.15, 0.2) is 18.2 Å². The van der Waals surface area contributed by atoms with E-state index in [0.29, 0.717) is 11.1 Å². The molecule has 86 valence electrons. The Balaban J connectivity index is 3.22. The van der Waals surface area contributed by atoms with Gasteiger partial charge in [-0.15, -0.1) is 11.6 Å². The molecule has 0 spiro atoms. The molecule has 0 fully saturated rings. The van der Waals surface area contributed by atoms with Gasteiger partial charge in [-0.1, -0.05) is 12.1 Å². The molecule has 0 saturated carbocycles. The predicted octanol–water partition coefficient (Wildman–Crippen LogP) is 2.79. The van der Waals surface area contributed by atoms with Crippen LogP contribution in [0.3, 0.4) is 0 Å². The fourth-order valence-electron chi connectivity index (χ4n) is 1.39. The van der Waals surface area contributed by atoms with Gasteiger partial charge in [-0.2, -0.15) is 0 Å². The molecule has 3 nitrogen and oxygen atoms in total. The lowest BCUT2D eigenvalue weighted by atomic mass is 10.00. The molecular weight excluding hydrogens is 342 g/mol. The molecule has 16 heavy (non-hydrogen) atoms. The number of carbonyl (C=O) groups is 2. The summed E-state index contributed by atoms with van der Waals surface area (Å²) in [6, 6.07) is 5.25. The second-order valence-corrected chi connectivity index (χ2v) is 4.95. The van der Waals surface area contributed by atoms with Crippen molar-refractivity contribution in [3.8, 4) is 0 Å². The molecule has 0 heterocycles. The van der Waals surface area contributed by atoms with Gasteiger partial charge in [0.1, 0.15) is 5.38 Å². The van der Waals surface area contributed by atoms with Gasteiger partial charge in [0.15, 0.2) is 5.78 Å². The van der Waals surface area contributed by atoms with Crippen molar-refractivity contribution in [1.29, 1.82) is 0 Å². The van der Waals surface area contributed by atoms with Crippen LogP contribution in [0.2, 0.25) is 0 Å². The molecule has 0 aliphatic carbocycles. The highest BCUT2D eigenvalue weighted by Gasteiger charge is 2.20. The maximum atomic E-state index is 11.3. The van der Waals surface area contributed by atoms with Gasteiger partial charge in [-0.3, -0.25) is 9.59 Å². The standard InChI is InChI=1S/C11H10ClIO3/c1-6(14)11(12)10-7(5-9(15)16)3-2-4-8(10)13/h2-4,11H,5H2,1H3,(H,15,16). The molecule has 5 heteroatoms. The highest BCUT2D eigenvalue weighted by molar-refractivity contribution is 14.1. The summed E-state index contributed by atoms with van der Waals surface area (Å²) in [5.74, 6) is -1.12. The molecule has 0 aliphatic heterocycles. The van der Waals surface area contributed by atoms with E-state index in [1.54, 1.807) is 18.2 Å². The minimum Gasteiger partial charge on any atom is -0.481 e. The van der Waals surface area contributed by atoms with E-state index in [4.69, 9.17) is 16.7 Å². The Morgan fingerprint density at radius 3 is 2.62 bits per heavy atom. The Labute approximate surface area is 112 Å². The SMILES string of the molecule is CC(=O)C(Cl)c1c(I)cccc1CC(=O)O. The molecule has 1 rings (SSSR count). The summed E-state index contributed by atoms with van der Waals surface area (Å²) in [5.41, 5.74) is 1.20. The second-order valence-electron chi connectivity index (χ2n) is 3.36. The number of rotatable bonds is 4. The predicted molar refractivity (Wildman–Crippen MR) is 69.8 cm³/mol. The molecule has 0 radical (unpaired) electrons. The van der Waals surface area contributed by atoms with Crippen LogP contribution < -0.4 is 0 Å². The Morgan fingerprint density at radius 2 is 2.12 bits per heavy atom. The maximum absolute atomic E-state index is 11.3. The van der Waals surface area contributed by atoms with Crippen LogP contribution in [0.4, 0.5) is 0 Å². The number of hydrogen-bond acceptors (Lipinski definition) is 2. The van der Waals surface area contributed by atoms with E-state index >= 15 is 0 Å². The van der Waals surface area contributed by atoms with E-state index in [1.165, 1.54) is 6.92 Å². The van der Waals surface area contributed by atoms with Crippen molar-refractivity contribution in [3.05, 3.63) is 32.9 Å². The summed E-state index contributed by atoms with van der Waals surface area (Å²) >= 11 is 8.04. The molecule has 0 aliphatic rings. The lowest BCUT2D eigenvalue weighted by molar-refractivity contribution is -0.136. The zero-order valence-corrected chi connectivity index (χ0v) is 11.4. The summed E-state index contributed by atoms with van der Waals surface area (Å²) in [7, 11) is 0. The molecule has 1 N–H and O–H groups in total. The Hall–Kier alpha value is -0.620. The lowest BCUT2D eigenvalue weighted by Crippen LogP contribution is -2.10. The third kappa shape index (κ3) is 3.18. The largest absolute Gasteiger partial charge is 0.481 e. The van der Waals surface area contributed by atoms with Crippen LogP contribution in [-0.4, -0.2) is 16.9 Å². The summed E-state index contributed by atoms with van der Waals surface area (Å²) in [5, 5.41) is 8.00. The first-order valence-electron chi connectivity index (χ1n) is 4.57. The van der Waals surface area contributed by atoms with Gasteiger partial charge in [0.05, 0.1) is 6.42 Å². The Bertz CT molecular complexity index is 431. The first-order valence-corrected chi connectivity index (χ1v) is 6.08. The van der Waals surface area contributed by atoms with Crippen molar-refractivity contribution >= 4 is 45.9 Å². The smallest absolute Gasteiger partial charge is 0.307 e. The van der Waals surface area contributed by atoms with E-state index in [9.17, 15) is 9.59 Å². The molecule has 0 amide bonds. The number of carbonyl (C=O) groups excluding carboxylic acids is 1. The van der Waals surface area contributed by atoms with E-state index in [2.05, 4.69) is 22.6 Å². The highest BCUT2D eigenvalue weighted by atomic mass is 127. The minimum atomic E-state index is -0.935. The number of hydrogen-bond donors (Lipinski definition) is 1. The second kappa shape index (κ2) is 5.63. The summed E-state index contributed by atoms with van der Waals surface area (Å²) in [6.07, 6.45) is -0.122. The van der Waals surface area contributed by atoms with Crippen LogP contribution in [0, 0.1) is 3.57 Å². The van der Waals surface area contributed by atoms with Gasteiger partial charge in [-0.25, -0.2) is 0 Å². The van der Waals surface area contributed by atoms with Crippen molar-refractivity contribution < 1.29 is 14.7 Å². The lowest BCUT2D eigenvalue weighted by Gasteiger charge is -2.13. The van der Waals surface area contributed by atoms with Gasteiger partial charge in [0, 0.05) is 3.57 Å². The summed E-state index contributed by atoms with van der Waals surface area (Å²) in [6.45, 7) is 1.39. The van der Waals surface area contributed by atoms with Crippen LogP contribution in [0.1, 0.15) is 23.4 Å². The summed E-state index contributed by atoms with van der Waals surface area (Å²) < 4.78 is 0.812. The maximum Gasteiger partial charge on any atom is 0.307 e. The Morgan fingerprint density at radius 1 is 1.50 bits per heavy atom. The fraction of sp³-hybridized carbons (Fsp3) is 0.273. The third-order valence-corrected chi connectivity index (χ3v) is 3.56. The monoisotopic (exact) mass is 352 g/mol. The van der Waals surface area contributed by atoms with E-state index in [-0.39, 0.29) is 12.2 Å². The van der Waals surface area contributed by atoms with Crippen LogP contribution in [0.5, 0.6) is 0 Å². The van der Waals surface area contributed by atoms with Gasteiger partial charge >= 0.3 is 5.97 Å². The Kier molecular flexibility index (Phi) is 4.73. The minimum absolute atomic E-state index is 0.122. The number of aliphatic carboxylic acids is 1. The number of alkyl halides is 1. The molecule has 1 aromatic carbocycles. The van der Waals surface area contributed by atoms with Gasteiger partial charge < -0.3 is 5.11 Å². The molecule has 1 unspecified atom stereocenters. The molecule has 1 atom stereocenters. The molecule has 0 saturated heterocycles. The summed E-state index contributed by atoms with van der Waals surface area (Å²) in [4.78, 5) is 21.9. The molecular formula is C11H10ClIO3.